The zero-order chi connectivity index (χ0) is 20.0. The molecule has 1 heterocycles. The van der Waals surface area contributed by atoms with E-state index in [2.05, 4.69) is 15.0 Å². The molecule has 0 atom stereocenters. The Labute approximate surface area is 166 Å². The van der Waals surface area contributed by atoms with E-state index in [1.54, 1.807) is 24.6 Å². The molecular weight excluding hydrogens is 398 g/mol. The van der Waals surface area contributed by atoms with Gasteiger partial charge in [-0.1, -0.05) is 12.1 Å². The minimum Gasteiger partial charge on any atom is -0.497 e. The minimum atomic E-state index is -3.72. The first kappa shape index (κ1) is 19.6. The second-order valence-electron chi connectivity index (χ2n) is 5.57. The molecule has 0 bridgehead atoms. The first-order valence-electron chi connectivity index (χ1n) is 8.12. The van der Waals surface area contributed by atoms with Gasteiger partial charge in [-0.3, -0.25) is 9.52 Å². The van der Waals surface area contributed by atoms with Crippen molar-refractivity contribution in [1.29, 1.82) is 0 Å². The number of nitrogens with one attached hydrogen (secondary N) is 2. The molecule has 2 aromatic carbocycles. The van der Waals surface area contributed by atoms with Crippen LogP contribution in [0, 0.1) is 0 Å². The first-order chi connectivity index (χ1) is 13.5. The molecule has 0 fully saturated rings. The number of aromatic nitrogens is 1. The van der Waals surface area contributed by atoms with Gasteiger partial charge in [-0.25, -0.2) is 13.4 Å². The van der Waals surface area contributed by atoms with Crippen LogP contribution in [0.15, 0.2) is 71.1 Å². The number of anilines is 2. The summed E-state index contributed by atoms with van der Waals surface area (Å²) in [6.07, 6.45) is 4.57. The average Bonchev–Trinajstić information content (AvgIpc) is 3.19. The van der Waals surface area contributed by atoms with Crippen molar-refractivity contribution in [3.05, 3.63) is 71.7 Å². The van der Waals surface area contributed by atoms with Crippen LogP contribution in [0.2, 0.25) is 0 Å². The number of carbonyl (C=O) groups is 1. The lowest BCUT2D eigenvalue weighted by atomic mass is 10.2. The van der Waals surface area contributed by atoms with Crippen LogP contribution in [-0.2, 0) is 14.8 Å². The van der Waals surface area contributed by atoms with Crippen LogP contribution < -0.4 is 14.8 Å². The van der Waals surface area contributed by atoms with Crippen molar-refractivity contribution in [3.8, 4) is 5.75 Å². The topological polar surface area (TPSA) is 97.4 Å². The molecule has 1 amide bonds. The largest absolute Gasteiger partial charge is 0.497 e. The lowest BCUT2D eigenvalue weighted by molar-refractivity contribution is -0.111. The first-order valence-corrected chi connectivity index (χ1v) is 10.5. The van der Waals surface area contributed by atoms with E-state index < -0.39 is 10.0 Å². The monoisotopic (exact) mass is 415 g/mol. The second kappa shape index (κ2) is 8.68. The van der Waals surface area contributed by atoms with Crippen molar-refractivity contribution >= 4 is 44.2 Å². The summed E-state index contributed by atoms with van der Waals surface area (Å²) in [5.41, 5.74) is 1.30. The Kier molecular flexibility index (Phi) is 6.07. The molecule has 1 aromatic heterocycles. The zero-order valence-corrected chi connectivity index (χ0v) is 16.5. The Balaban J connectivity index is 1.63. The number of thiazole rings is 1. The molecule has 3 aromatic rings. The molecule has 0 aliphatic heterocycles. The fraction of sp³-hybridized carbons (Fsp3) is 0.0526. The number of hydrogen-bond acceptors (Lipinski definition) is 6. The van der Waals surface area contributed by atoms with E-state index in [9.17, 15) is 13.2 Å². The maximum Gasteiger partial charge on any atom is 0.263 e. The third kappa shape index (κ3) is 5.18. The molecule has 0 saturated heterocycles. The van der Waals surface area contributed by atoms with Crippen LogP contribution in [0.1, 0.15) is 5.56 Å². The quantitative estimate of drug-likeness (QED) is 0.575. The highest BCUT2D eigenvalue weighted by molar-refractivity contribution is 7.93. The van der Waals surface area contributed by atoms with Gasteiger partial charge in [0.05, 0.1) is 12.0 Å². The Hall–Kier alpha value is -3.17. The lowest BCUT2D eigenvalue weighted by Crippen LogP contribution is -2.13. The van der Waals surface area contributed by atoms with Gasteiger partial charge in [-0.15, -0.1) is 11.3 Å². The summed E-state index contributed by atoms with van der Waals surface area (Å²) in [6.45, 7) is 0. The van der Waals surface area contributed by atoms with Gasteiger partial charge in [0.15, 0.2) is 5.13 Å². The van der Waals surface area contributed by atoms with Crippen LogP contribution in [0.3, 0.4) is 0 Å². The third-order valence-electron chi connectivity index (χ3n) is 3.61. The number of carbonyl (C=O) groups excluding carboxylic acids is 1. The number of sulfonamides is 1. The maximum atomic E-state index is 12.3. The van der Waals surface area contributed by atoms with Gasteiger partial charge < -0.3 is 10.1 Å². The highest BCUT2D eigenvalue weighted by Gasteiger charge is 2.15. The Morgan fingerprint density at radius 1 is 1.18 bits per heavy atom. The highest BCUT2D eigenvalue weighted by atomic mass is 32.2. The van der Waals surface area contributed by atoms with Gasteiger partial charge >= 0.3 is 0 Å². The van der Waals surface area contributed by atoms with Gasteiger partial charge in [0.25, 0.3) is 10.0 Å². The summed E-state index contributed by atoms with van der Waals surface area (Å²) < 4.78 is 32.1. The summed E-state index contributed by atoms with van der Waals surface area (Å²) in [6, 6.07) is 13.2. The van der Waals surface area contributed by atoms with E-state index in [1.165, 1.54) is 47.9 Å². The molecule has 0 unspecified atom stereocenters. The lowest BCUT2D eigenvalue weighted by Gasteiger charge is -2.07. The summed E-state index contributed by atoms with van der Waals surface area (Å²) in [5, 5.41) is 4.65. The van der Waals surface area contributed by atoms with Crippen LogP contribution in [0.25, 0.3) is 6.08 Å². The number of hydrogen-bond donors (Lipinski definition) is 2. The van der Waals surface area contributed by atoms with E-state index in [4.69, 9.17) is 4.74 Å². The fourth-order valence-electron chi connectivity index (χ4n) is 2.27. The van der Waals surface area contributed by atoms with Gasteiger partial charge in [0.1, 0.15) is 5.75 Å². The molecule has 0 radical (unpaired) electrons. The van der Waals surface area contributed by atoms with Gasteiger partial charge in [-0.05, 0) is 48.0 Å². The summed E-state index contributed by atoms with van der Waals surface area (Å²) in [5.74, 6) is 0.366. The molecule has 3 rings (SSSR count). The van der Waals surface area contributed by atoms with Gasteiger partial charge in [0.2, 0.25) is 5.91 Å². The molecule has 7 nitrogen and oxygen atoms in total. The number of methoxy groups -OCH3 is 1. The van der Waals surface area contributed by atoms with Crippen LogP contribution >= 0.6 is 11.3 Å². The molecule has 9 heteroatoms. The molecule has 0 saturated carbocycles. The van der Waals surface area contributed by atoms with Crippen molar-refractivity contribution in [2.45, 2.75) is 4.90 Å². The van der Waals surface area contributed by atoms with E-state index in [0.29, 0.717) is 16.6 Å². The molecular formula is C19H17N3O4S2. The van der Waals surface area contributed by atoms with Crippen molar-refractivity contribution < 1.29 is 17.9 Å². The fourth-order valence-corrected chi connectivity index (χ4v) is 4.05. The average molecular weight is 415 g/mol. The van der Waals surface area contributed by atoms with E-state index >= 15 is 0 Å². The van der Waals surface area contributed by atoms with Crippen molar-refractivity contribution in [1.82, 2.24) is 4.98 Å². The van der Waals surface area contributed by atoms with E-state index in [1.807, 2.05) is 18.2 Å². The Morgan fingerprint density at radius 3 is 2.64 bits per heavy atom. The zero-order valence-electron chi connectivity index (χ0n) is 14.8. The smallest absolute Gasteiger partial charge is 0.263 e. The molecule has 0 aliphatic carbocycles. The molecule has 144 valence electrons. The summed E-state index contributed by atoms with van der Waals surface area (Å²) in [7, 11) is -2.15. The summed E-state index contributed by atoms with van der Waals surface area (Å²) >= 11 is 1.19. The van der Waals surface area contributed by atoms with Gasteiger partial charge in [0, 0.05) is 23.3 Å². The third-order valence-corrected chi connectivity index (χ3v) is 5.78. The normalized spacial score (nSPS) is 11.3. The van der Waals surface area contributed by atoms with Crippen LogP contribution in [0.4, 0.5) is 10.8 Å². The SMILES string of the molecule is COc1cccc(/C=C/C(=O)Nc2ccc(S(=O)(=O)Nc3nccs3)cc2)c1. The number of benzene rings is 2. The Bertz CT molecular complexity index is 1080. The summed E-state index contributed by atoms with van der Waals surface area (Å²) in [4.78, 5) is 16.0. The van der Waals surface area contributed by atoms with Crippen molar-refractivity contribution in [3.63, 3.8) is 0 Å². The number of amides is 1. The van der Waals surface area contributed by atoms with E-state index in [-0.39, 0.29) is 10.8 Å². The highest BCUT2D eigenvalue weighted by Crippen LogP contribution is 2.19. The van der Waals surface area contributed by atoms with Crippen LogP contribution in [0.5, 0.6) is 5.75 Å². The predicted octanol–water partition coefficient (Wildman–Crippen LogP) is 3.60. The Morgan fingerprint density at radius 2 is 1.96 bits per heavy atom. The number of ether oxygens (including phenoxy) is 1. The number of nitrogens with zero attached hydrogens (tertiary/aromatic N) is 1. The van der Waals surface area contributed by atoms with Crippen LogP contribution in [-0.4, -0.2) is 26.4 Å². The molecule has 28 heavy (non-hydrogen) atoms. The predicted molar refractivity (Wildman–Crippen MR) is 110 cm³/mol. The number of rotatable bonds is 7. The van der Waals surface area contributed by atoms with Gasteiger partial charge in [-0.2, -0.15) is 0 Å². The van der Waals surface area contributed by atoms with E-state index in [0.717, 1.165) is 5.56 Å². The minimum absolute atomic E-state index is 0.0765. The maximum absolute atomic E-state index is 12.3. The second-order valence-corrected chi connectivity index (χ2v) is 8.14. The standard InChI is InChI=1S/C19H17N3O4S2/c1-26-16-4-2-3-14(13-16)5-10-18(23)21-15-6-8-17(9-7-15)28(24,25)22-19-20-11-12-27-19/h2-13H,1H3,(H,20,22)(H,21,23)/b10-5+. The van der Waals surface area contributed by atoms with Crippen molar-refractivity contribution in [2.24, 2.45) is 0 Å². The van der Waals surface area contributed by atoms with Crippen molar-refractivity contribution in [2.75, 3.05) is 17.1 Å². The molecule has 0 spiro atoms. The molecule has 0 aliphatic rings. The molecule has 2 N–H and O–H groups in total.